The van der Waals surface area contributed by atoms with Crippen molar-refractivity contribution >= 4 is 5.91 Å². The van der Waals surface area contributed by atoms with Crippen molar-refractivity contribution in [1.29, 1.82) is 0 Å². The lowest BCUT2D eigenvalue weighted by atomic mass is 10.2. The van der Waals surface area contributed by atoms with E-state index in [1.54, 1.807) is 0 Å². The molecule has 1 saturated heterocycles. The quantitative estimate of drug-likeness (QED) is 0.848. The summed E-state index contributed by atoms with van der Waals surface area (Å²) >= 11 is 0. The smallest absolute Gasteiger partial charge is 0.273 e. The van der Waals surface area contributed by atoms with E-state index in [0.29, 0.717) is 18.9 Å². The molecule has 0 unspecified atom stereocenters. The summed E-state index contributed by atoms with van der Waals surface area (Å²) in [5.41, 5.74) is 1.13. The predicted octanol–water partition coefficient (Wildman–Crippen LogP) is 0.396. The van der Waals surface area contributed by atoms with E-state index in [4.69, 9.17) is 4.74 Å². The summed E-state index contributed by atoms with van der Waals surface area (Å²) in [5.74, 6) is -0.217. The monoisotopic (exact) mass is 244 g/mol. The van der Waals surface area contributed by atoms with Gasteiger partial charge in [-0.1, -0.05) is 18.2 Å². The van der Waals surface area contributed by atoms with Crippen LogP contribution in [0.15, 0.2) is 36.5 Å². The third kappa shape index (κ3) is 2.10. The first-order valence-corrected chi connectivity index (χ1v) is 5.69. The number of carbonyl (C=O) groups is 1. The lowest BCUT2D eigenvalue weighted by Gasteiger charge is -2.26. The summed E-state index contributed by atoms with van der Waals surface area (Å²) in [6.45, 7) is 1.14. The van der Waals surface area contributed by atoms with Crippen molar-refractivity contribution in [3.8, 4) is 5.69 Å². The Morgan fingerprint density at radius 2 is 2.11 bits per heavy atom. The highest BCUT2D eigenvalue weighted by Gasteiger charge is 2.22. The van der Waals surface area contributed by atoms with Crippen LogP contribution in [-0.4, -0.2) is 40.2 Å². The SMILES string of the molecule is O=C(NC1COC1)c1cnn(-c2ccccc2)n1. The molecule has 0 radical (unpaired) electrons. The van der Waals surface area contributed by atoms with E-state index in [9.17, 15) is 4.79 Å². The Labute approximate surface area is 104 Å². The molecule has 6 heteroatoms. The molecule has 1 aliphatic heterocycles. The summed E-state index contributed by atoms with van der Waals surface area (Å²) in [5, 5.41) is 11.0. The van der Waals surface area contributed by atoms with Gasteiger partial charge < -0.3 is 10.1 Å². The van der Waals surface area contributed by atoms with Crippen LogP contribution in [0.4, 0.5) is 0 Å². The summed E-state index contributed by atoms with van der Waals surface area (Å²) in [6.07, 6.45) is 1.46. The molecule has 18 heavy (non-hydrogen) atoms. The third-order valence-electron chi connectivity index (χ3n) is 2.68. The molecule has 3 rings (SSSR count). The van der Waals surface area contributed by atoms with Crippen molar-refractivity contribution in [2.75, 3.05) is 13.2 Å². The van der Waals surface area contributed by atoms with Gasteiger partial charge in [0.2, 0.25) is 0 Å². The zero-order chi connectivity index (χ0) is 12.4. The normalized spacial score (nSPS) is 15.1. The third-order valence-corrected chi connectivity index (χ3v) is 2.68. The number of hydrogen-bond acceptors (Lipinski definition) is 4. The van der Waals surface area contributed by atoms with Gasteiger partial charge in [0, 0.05) is 0 Å². The highest BCUT2D eigenvalue weighted by Crippen LogP contribution is 2.05. The van der Waals surface area contributed by atoms with E-state index in [0.717, 1.165) is 5.69 Å². The Bertz CT molecular complexity index is 548. The molecule has 1 N–H and O–H groups in total. The second kappa shape index (κ2) is 4.58. The van der Waals surface area contributed by atoms with Crippen LogP contribution in [0, 0.1) is 0 Å². The van der Waals surface area contributed by atoms with Crippen LogP contribution >= 0.6 is 0 Å². The van der Waals surface area contributed by atoms with Crippen LogP contribution < -0.4 is 5.32 Å². The van der Waals surface area contributed by atoms with Gasteiger partial charge in [0.25, 0.3) is 5.91 Å². The average molecular weight is 244 g/mol. The fourth-order valence-corrected chi connectivity index (χ4v) is 1.63. The fraction of sp³-hybridized carbons (Fsp3) is 0.250. The molecule has 0 aliphatic carbocycles. The van der Waals surface area contributed by atoms with E-state index in [2.05, 4.69) is 15.5 Å². The van der Waals surface area contributed by atoms with Gasteiger partial charge in [0.05, 0.1) is 31.1 Å². The number of aromatic nitrogens is 3. The molecule has 2 heterocycles. The van der Waals surface area contributed by atoms with Crippen molar-refractivity contribution in [2.24, 2.45) is 0 Å². The van der Waals surface area contributed by atoms with E-state index in [1.807, 2.05) is 30.3 Å². The molecule has 0 bridgehead atoms. The number of ether oxygens (including phenoxy) is 1. The van der Waals surface area contributed by atoms with Gasteiger partial charge in [-0.3, -0.25) is 4.79 Å². The van der Waals surface area contributed by atoms with Crippen LogP contribution in [0.25, 0.3) is 5.69 Å². The molecule has 2 aromatic rings. The van der Waals surface area contributed by atoms with Crippen LogP contribution in [-0.2, 0) is 4.74 Å². The van der Waals surface area contributed by atoms with Gasteiger partial charge in [0.1, 0.15) is 0 Å². The maximum Gasteiger partial charge on any atom is 0.273 e. The lowest BCUT2D eigenvalue weighted by molar-refractivity contribution is -0.00355. The number of benzene rings is 1. The summed E-state index contributed by atoms with van der Waals surface area (Å²) in [6, 6.07) is 9.55. The molecule has 1 aromatic carbocycles. The molecular weight excluding hydrogens is 232 g/mol. The van der Waals surface area contributed by atoms with Crippen molar-refractivity contribution in [3.05, 3.63) is 42.2 Å². The second-order valence-corrected chi connectivity index (χ2v) is 4.06. The topological polar surface area (TPSA) is 69.0 Å². The largest absolute Gasteiger partial charge is 0.377 e. The number of carbonyl (C=O) groups excluding carboxylic acids is 1. The standard InChI is InChI=1S/C12H12N4O2/c17-12(14-9-7-18-8-9)11-6-13-16(15-11)10-4-2-1-3-5-10/h1-6,9H,7-8H2,(H,14,17). The number of para-hydroxylation sites is 1. The van der Waals surface area contributed by atoms with Crippen LogP contribution in [0.5, 0.6) is 0 Å². The predicted molar refractivity (Wildman–Crippen MR) is 63.4 cm³/mol. The Balaban J connectivity index is 1.74. The minimum Gasteiger partial charge on any atom is -0.377 e. The Morgan fingerprint density at radius 1 is 1.33 bits per heavy atom. The molecule has 1 fully saturated rings. The number of rotatable bonds is 3. The van der Waals surface area contributed by atoms with E-state index in [-0.39, 0.29) is 11.9 Å². The molecule has 6 nitrogen and oxygen atoms in total. The number of amides is 1. The van der Waals surface area contributed by atoms with Crippen LogP contribution in [0.3, 0.4) is 0 Å². The maximum absolute atomic E-state index is 11.8. The van der Waals surface area contributed by atoms with Crippen LogP contribution in [0.2, 0.25) is 0 Å². The Hall–Kier alpha value is -2.21. The summed E-state index contributed by atoms with van der Waals surface area (Å²) in [7, 11) is 0. The van der Waals surface area contributed by atoms with Crippen LogP contribution in [0.1, 0.15) is 10.5 Å². The highest BCUT2D eigenvalue weighted by atomic mass is 16.5. The highest BCUT2D eigenvalue weighted by molar-refractivity contribution is 5.92. The Morgan fingerprint density at radius 3 is 2.78 bits per heavy atom. The van der Waals surface area contributed by atoms with Crippen molar-refractivity contribution < 1.29 is 9.53 Å². The van der Waals surface area contributed by atoms with Gasteiger partial charge in [-0.2, -0.15) is 9.90 Å². The summed E-state index contributed by atoms with van der Waals surface area (Å²) in [4.78, 5) is 13.2. The first kappa shape index (κ1) is 10.9. The zero-order valence-electron chi connectivity index (χ0n) is 9.61. The molecule has 1 aromatic heterocycles. The number of nitrogens with zero attached hydrogens (tertiary/aromatic N) is 3. The van der Waals surface area contributed by atoms with E-state index < -0.39 is 0 Å². The zero-order valence-corrected chi connectivity index (χ0v) is 9.61. The van der Waals surface area contributed by atoms with Gasteiger partial charge in [-0.25, -0.2) is 0 Å². The number of hydrogen-bond donors (Lipinski definition) is 1. The molecule has 0 spiro atoms. The van der Waals surface area contributed by atoms with Gasteiger partial charge in [-0.15, -0.1) is 5.10 Å². The second-order valence-electron chi connectivity index (χ2n) is 4.06. The number of nitrogens with one attached hydrogen (secondary N) is 1. The minimum atomic E-state index is -0.217. The minimum absolute atomic E-state index is 0.0966. The van der Waals surface area contributed by atoms with Gasteiger partial charge in [0.15, 0.2) is 5.69 Å². The van der Waals surface area contributed by atoms with Crippen molar-refractivity contribution in [2.45, 2.75) is 6.04 Å². The van der Waals surface area contributed by atoms with Crippen molar-refractivity contribution in [3.63, 3.8) is 0 Å². The summed E-state index contributed by atoms with van der Waals surface area (Å²) < 4.78 is 4.99. The molecule has 1 amide bonds. The fourth-order valence-electron chi connectivity index (χ4n) is 1.63. The molecular formula is C12H12N4O2. The first-order chi connectivity index (χ1) is 8.83. The van der Waals surface area contributed by atoms with Crippen molar-refractivity contribution in [1.82, 2.24) is 20.3 Å². The lowest BCUT2D eigenvalue weighted by Crippen LogP contribution is -2.48. The molecule has 0 atom stereocenters. The molecule has 0 saturated carbocycles. The molecule has 1 aliphatic rings. The van der Waals surface area contributed by atoms with E-state index >= 15 is 0 Å². The Kier molecular flexibility index (Phi) is 2.77. The molecule has 92 valence electrons. The first-order valence-electron chi connectivity index (χ1n) is 5.69. The van der Waals surface area contributed by atoms with E-state index in [1.165, 1.54) is 11.0 Å². The van der Waals surface area contributed by atoms with Gasteiger partial charge >= 0.3 is 0 Å². The maximum atomic E-state index is 11.8. The van der Waals surface area contributed by atoms with Gasteiger partial charge in [-0.05, 0) is 12.1 Å². The average Bonchev–Trinajstić information content (AvgIpc) is 2.84.